The number of hydrogen-bond donors (Lipinski definition) is 1. The molecule has 0 atom stereocenters. The molecule has 6 nitrogen and oxygen atoms in total. The predicted octanol–water partition coefficient (Wildman–Crippen LogP) is 4.67. The highest BCUT2D eigenvalue weighted by Crippen LogP contribution is 2.47. The Morgan fingerprint density at radius 3 is 2.50 bits per heavy atom. The van der Waals surface area contributed by atoms with Gasteiger partial charge in [-0.05, 0) is 35.9 Å². The van der Waals surface area contributed by atoms with E-state index in [0.717, 1.165) is 12.5 Å². The zero-order valence-electron chi connectivity index (χ0n) is 19.5. The van der Waals surface area contributed by atoms with E-state index in [9.17, 15) is 22.5 Å². The highest BCUT2D eigenvalue weighted by molar-refractivity contribution is 7.71. The monoisotopic (exact) mass is 512 g/mol. The van der Waals surface area contributed by atoms with Crippen molar-refractivity contribution in [2.45, 2.75) is 19.3 Å². The summed E-state index contributed by atoms with van der Waals surface area (Å²) in [4.78, 5) is 18.1. The number of aromatic nitrogens is 3. The molecule has 1 aliphatic heterocycles. The number of pyridine rings is 1. The van der Waals surface area contributed by atoms with Gasteiger partial charge >= 0.3 is 0 Å². The van der Waals surface area contributed by atoms with E-state index in [2.05, 4.69) is 15.2 Å². The molecule has 0 bridgehead atoms. The van der Waals surface area contributed by atoms with Crippen molar-refractivity contribution in [1.29, 1.82) is 0 Å². The minimum atomic E-state index is -3.06. The van der Waals surface area contributed by atoms with Gasteiger partial charge in [-0.1, -0.05) is 24.3 Å². The molecule has 10 heteroatoms. The first-order chi connectivity index (χ1) is 17.1. The van der Waals surface area contributed by atoms with Crippen molar-refractivity contribution < 1.29 is 17.7 Å². The topological polar surface area (TPSA) is 79.0 Å². The molecule has 0 aliphatic carbocycles. The van der Waals surface area contributed by atoms with Crippen LogP contribution in [0, 0.1) is 5.82 Å². The Morgan fingerprint density at radius 2 is 1.78 bits per heavy atom. The molecule has 3 heterocycles. The second-order valence-corrected chi connectivity index (χ2v) is 12.3. The maximum absolute atomic E-state index is 14.9. The summed E-state index contributed by atoms with van der Waals surface area (Å²) in [6.45, 7) is 1.47. The summed E-state index contributed by atoms with van der Waals surface area (Å²) in [5.41, 5.74) is 0.944. The predicted molar refractivity (Wildman–Crippen MR) is 135 cm³/mol. The number of halogens is 3. The van der Waals surface area contributed by atoms with Gasteiger partial charge in [0.25, 0.3) is 11.5 Å². The number of fused-ring (bicyclic) bond motifs is 1. The number of alkyl halides is 2. The maximum atomic E-state index is 14.9. The Morgan fingerprint density at radius 1 is 1.06 bits per heavy atom. The van der Waals surface area contributed by atoms with Gasteiger partial charge in [-0.3, -0.25) is 4.79 Å². The molecule has 0 amide bonds. The van der Waals surface area contributed by atoms with Crippen molar-refractivity contribution in [3.63, 3.8) is 0 Å². The van der Waals surface area contributed by atoms with Crippen LogP contribution in [0.25, 0.3) is 10.8 Å². The highest BCUT2D eigenvalue weighted by Gasteiger charge is 2.34. The van der Waals surface area contributed by atoms with Crippen LogP contribution >= 0.6 is 7.14 Å². The quantitative estimate of drug-likeness (QED) is 0.394. The van der Waals surface area contributed by atoms with Crippen LogP contribution in [0.4, 0.5) is 19.0 Å². The SMILES string of the molecule is CC(F)(F)c1ccnc(N2CCP(=O)(c3cc(Cc4n[nH]c(=O)c5ccccc45)ccc3F)CC2)c1. The number of benzene rings is 2. The second kappa shape index (κ2) is 9.21. The van der Waals surface area contributed by atoms with Gasteiger partial charge in [-0.25, -0.2) is 23.3 Å². The van der Waals surface area contributed by atoms with Crippen LogP contribution in [0.15, 0.2) is 65.6 Å². The summed E-state index contributed by atoms with van der Waals surface area (Å²) in [6.07, 6.45) is 2.09. The Balaban J connectivity index is 1.38. The fraction of sp³-hybridized carbons (Fsp3) is 0.269. The average Bonchev–Trinajstić information content (AvgIpc) is 2.87. The van der Waals surface area contributed by atoms with Crippen LogP contribution in [0.3, 0.4) is 0 Å². The summed E-state index contributed by atoms with van der Waals surface area (Å²) in [7, 11) is -3.06. The van der Waals surface area contributed by atoms with E-state index >= 15 is 0 Å². The zero-order valence-corrected chi connectivity index (χ0v) is 20.4. The van der Waals surface area contributed by atoms with Gasteiger partial charge in [0.1, 0.15) is 18.8 Å². The molecular weight excluding hydrogens is 488 g/mol. The Bertz CT molecular complexity index is 1540. The van der Waals surface area contributed by atoms with Crippen LogP contribution < -0.4 is 15.8 Å². The molecule has 2 aromatic carbocycles. The van der Waals surface area contributed by atoms with E-state index in [1.807, 2.05) is 17.0 Å². The maximum Gasteiger partial charge on any atom is 0.272 e. The molecule has 4 aromatic rings. The van der Waals surface area contributed by atoms with Crippen LogP contribution in [0.1, 0.15) is 23.7 Å². The van der Waals surface area contributed by atoms with Crippen LogP contribution in [0.2, 0.25) is 0 Å². The molecule has 0 unspecified atom stereocenters. The minimum Gasteiger partial charge on any atom is -0.356 e. The smallest absolute Gasteiger partial charge is 0.272 e. The lowest BCUT2D eigenvalue weighted by Gasteiger charge is -2.33. The summed E-state index contributed by atoms with van der Waals surface area (Å²) in [5.74, 6) is -3.12. The molecule has 36 heavy (non-hydrogen) atoms. The lowest BCUT2D eigenvalue weighted by Crippen LogP contribution is -2.38. The summed E-state index contributed by atoms with van der Waals surface area (Å²) in [5, 5.41) is 8.10. The molecular formula is C26H24F3N4O2P. The lowest BCUT2D eigenvalue weighted by molar-refractivity contribution is 0.0174. The average molecular weight is 512 g/mol. The molecule has 186 valence electrons. The van der Waals surface area contributed by atoms with Crippen molar-refractivity contribution in [3.8, 4) is 0 Å². The highest BCUT2D eigenvalue weighted by atomic mass is 31.2. The van der Waals surface area contributed by atoms with E-state index in [4.69, 9.17) is 0 Å². The Kier molecular flexibility index (Phi) is 6.20. The first kappa shape index (κ1) is 24.3. The number of aromatic amines is 1. The first-order valence-electron chi connectivity index (χ1n) is 11.6. The third-order valence-corrected chi connectivity index (χ3v) is 9.70. The Labute approximate surface area is 205 Å². The molecule has 5 rings (SSSR count). The Hall–Kier alpha value is -3.45. The molecule has 2 aromatic heterocycles. The number of rotatable bonds is 5. The van der Waals surface area contributed by atoms with E-state index < -0.39 is 18.9 Å². The normalized spacial score (nSPS) is 15.8. The van der Waals surface area contributed by atoms with Crippen LogP contribution in [0.5, 0.6) is 0 Å². The van der Waals surface area contributed by atoms with E-state index in [0.29, 0.717) is 41.8 Å². The number of anilines is 1. The van der Waals surface area contributed by atoms with Crippen molar-refractivity contribution in [2.75, 3.05) is 30.3 Å². The van der Waals surface area contributed by atoms with Gasteiger partial charge in [-0.2, -0.15) is 5.10 Å². The molecule has 0 spiro atoms. The fourth-order valence-electron chi connectivity index (χ4n) is 4.60. The van der Waals surface area contributed by atoms with Gasteiger partial charge in [0.05, 0.1) is 11.1 Å². The first-order valence-corrected chi connectivity index (χ1v) is 13.6. The van der Waals surface area contributed by atoms with E-state index in [1.54, 1.807) is 24.3 Å². The summed E-state index contributed by atoms with van der Waals surface area (Å²) >= 11 is 0. The van der Waals surface area contributed by atoms with Gasteiger partial charge in [0, 0.05) is 61.2 Å². The van der Waals surface area contributed by atoms with Crippen molar-refractivity contribution in [3.05, 3.63) is 93.8 Å². The largest absolute Gasteiger partial charge is 0.356 e. The van der Waals surface area contributed by atoms with Crippen molar-refractivity contribution in [2.24, 2.45) is 0 Å². The van der Waals surface area contributed by atoms with Gasteiger partial charge in [0.2, 0.25) is 0 Å². The second-order valence-electron chi connectivity index (χ2n) is 9.12. The standard InChI is InChI=1S/C26H24F3N4O2P/c1-26(28,29)18-8-9-30-24(16-18)33-10-12-36(35,13-11-33)23-15-17(6-7-21(23)27)14-22-19-4-2-3-5-20(19)25(34)32-31-22/h2-9,15-16H,10-14H2,1H3,(H,32,34). The minimum absolute atomic E-state index is 0.136. The number of H-pyrrole nitrogens is 1. The third-order valence-electron chi connectivity index (χ3n) is 6.63. The van der Waals surface area contributed by atoms with Gasteiger partial charge in [0.15, 0.2) is 0 Å². The van der Waals surface area contributed by atoms with Crippen LogP contribution in [-0.4, -0.2) is 40.6 Å². The molecule has 1 fully saturated rings. The van der Waals surface area contributed by atoms with Crippen molar-refractivity contribution in [1.82, 2.24) is 15.2 Å². The number of nitrogens with zero attached hydrogens (tertiary/aromatic N) is 3. The molecule has 0 saturated carbocycles. The van der Waals surface area contributed by atoms with E-state index in [1.165, 1.54) is 24.4 Å². The fourth-order valence-corrected chi connectivity index (χ4v) is 7.30. The number of nitrogens with one attached hydrogen (secondary N) is 1. The summed E-state index contributed by atoms with van der Waals surface area (Å²) < 4.78 is 56.2. The van der Waals surface area contributed by atoms with E-state index in [-0.39, 0.29) is 28.8 Å². The van der Waals surface area contributed by atoms with Gasteiger partial charge < -0.3 is 9.46 Å². The molecule has 1 N–H and O–H groups in total. The molecule has 0 radical (unpaired) electrons. The molecule has 1 saturated heterocycles. The lowest BCUT2D eigenvalue weighted by atomic mass is 10.0. The van der Waals surface area contributed by atoms with Crippen molar-refractivity contribution >= 4 is 29.0 Å². The van der Waals surface area contributed by atoms with Crippen LogP contribution in [-0.2, 0) is 16.9 Å². The molecule has 1 aliphatic rings. The zero-order chi connectivity index (χ0) is 25.5. The third kappa shape index (κ3) is 4.67. The summed E-state index contributed by atoms with van der Waals surface area (Å²) in [6, 6.07) is 14.3. The number of hydrogen-bond acceptors (Lipinski definition) is 5. The van der Waals surface area contributed by atoms with Gasteiger partial charge in [-0.15, -0.1) is 0 Å².